The second kappa shape index (κ2) is 5.36. The number of carbonyl (C=O) groups excluding carboxylic acids is 1. The highest BCUT2D eigenvalue weighted by atomic mass is 16.5. The van der Waals surface area contributed by atoms with Crippen molar-refractivity contribution in [2.75, 3.05) is 13.2 Å². The van der Waals surface area contributed by atoms with Gasteiger partial charge in [0.2, 0.25) is 0 Å². The fourth-order valence-electron chi connectivity index (χ4n) is 0.500. The molecule has 12 heavy (non-hydrogen) atoms. The van der Waals surface area contributed by atoms with Gasteiger partial charge in [-0.2, -0.15) is 0 Å². The number of aliphatic hydroxyl groups is 1. The summed E-state index contributed by atoms with van der Waals surface area (Å²) in [5.74, 6) is -1.30. The third-order valence-electron chi connectivity index (χ3n) is 1.05. The normalized spacial score (nSPS) is 11.8. The number of amides is 1. The molecule has 0 saturated heterocycles. The Kier molecular flexibility index (Phi) is 4.78. The van der Waals surface area contributed by atoms with Crippen LogP contribution < -0.4 is 5.32 Å². The predicted octanol–water partition coefficient (Wildman–Crippen LogP) is -0.822. The molecule has 0 fully saturated rings. The Morgan fingerprint density at radius 1 is 1.58 bits per heavy atom. The quantitative estimate of drug-likeness (QED) is 0.521. The first-order chi connectivity index (χ1) is 5.61. The standard InChI is InChI=1S/C6H11NO5/c1-2-12-6(11)7-4(3-8)5(9)10/h4,8H,2-3H2,1H3,(H,7,11)(H,9,10)/t4-/m1/s1. The molecule has 0 heterocycles. The van der Waals surface area contributed by atoms with E-state index in [4.69, 9.17) is 10.2 Å². The summed E-state index contributed by atoms with van der Waals surface area (Å²) in [6.45, 7) is 1.09. The van der Waals surface area contributed by atoms with E-state index in [2.05, 4.69) is 4.74 Å². The lowest BCUT2D eigenvalue weighted by atomic mass is 10.3. The number of alkyl carbamates (subject to hydrolysis) is 1. The maximum Gasteiger partial charge on any atom is 0.407 e. The van der Waals surface area contributed by atoms with Gasteiger partial charge in [-0.3, -0.25) is 0 Å². The number of hydrogen-bond donors (Lipinski definition) is 3. The van der Waals surface area contributed by atoms with Crippen molar-refractivity contribution in [3.05, 3.63) is 0 Å². The molecule has 0 saturated carbocycles. The number of ether oxygens (including phenoxy) is 1. The summed E-state index contributed by atoms with van der Waals surface area (Å²) >= 11 is 0. The highest BCUT2D eigenvalue weighted by Gasteiger charge is 2.18. The van der Waals surface area contributed by atoms with E-state index >= 15 is 0 Å². The van der Waals surface area contributed by atoms with Crippen LogP contribution in [0.3, 0.4) is 0 Å². The summed E-state index contributed by atoms with van der Waals surface area (Å²) in [4.78, 5) is 20.8. The van der Waals surface area contributed by atoms with Gasteiger partial charge in [0.15, 0.2) is 6.04 Å². The minimum absolute atomic E-state index is 0.156. The molecule has 0 aliphatic heterocycles. The Labute approximate surface area is 69.1 Å². The van der Waals surface area contributed by atoms with Crippen molar-refractivity contribution in [1.82, 2.24) is 5.32 Å². The van der Waals surface area contributed by atoms with Gasteiger partial charge in [-0.05, 0) is 6.92 Å². The van der Waals surface area contributed by atoms with E-state index in [0.29, 0.717) is 0 Å². The first-order valence-electron chi connectivity index (χ1n) is 3.38. The number of rotatable bonds is 4. The fraction of sp³-hybridized carbons (Fsp3) is 0.667. The topological polar surface area (TPSA) is 95.9 Å². The average molecular weight is 177 g/mol. The molecular formula is C6H11NO5. The van der Waals surface area contributed by atoms with Crippen LogP contribution in [0.15, 0.2) is 0 Å². The van der Waals surface area contributed by atoms with E-state index in [-0.39, 0.29) is 6.61 Å². The van der Waals surface area contributed by atoms with Crippen LogP contribution in [0.4, 0.5) is 4.79 Å². The Bertz CT molecular complexity index is 169. The second-order valence-corrected chi connectivity index (χ2v) is 1.94. The van der Waals surface area contributed by atoms with Crippen molar-refractivity contribution in [2.45, 2.75) is 13.0 Å². The molecule has 0 radical (unpaired) electrons. The lowest BCUT2D eigenvalue weighted by molar-refractivity contribution is -0.140. The van der Waals surface area contributed by atoms with Crippen molar-refractivity contribution in [1.29, 1.82) is 0 Å². The molecule has 0 bridgehead atoms. The van der Waals surface area contributed by atoms with E-state index in [1.807, 2.05) is 5.32 Å². The molecule has 3 N–H and O–H groups in total. The lowest BCUT2D eigenvalue weighted by Gasteiger charge is -2.10. The number of aliphatic hydroxyl groups excluding tert-OH is 1. The van der Waals surface area contributed by atoms with Gasteiger partial charge >= 0.3 is 12.1 Å². The van der Waals surface area contributed by atoms with Crippen molar-refractivity contribution < 1.29 is 24.5 Å². The van der Waals surface area contributed by atoms with Crippen LogP contribution in [0.25, 0.3) is 0 Å². The molecule has 1 amide bonds. The number of hydrogen-bond acceptors (Lipinski definition) is 4. The molecular weight excluding hydrogens is 166 g/mol. The van der Waals surface area contributed by atoms with E-state index < -0.39 is 24.7 Å². The summed E-state index contributed by atoms with van der Waals surface area (Å²) in [5, 5.41) is 18.8. The van der Waals surface area contributed by atoms with Gasteiger partial charge in [-0.25, -0.2) is 9.59 Å². The Morgan fingerprint density at radius 3 is 2.50 bits per heavy atom. The minimum atomic E-state index is -1.30. The van der Waals surface area contributed by atoms with Gasteiger partial charge < -0.3 is 20.3 Å². The van der Waals surface area contributed by atoms with Gasteiger partial charge in [-0.15, -0.1) is 0 Å². The van der Waals surface area contributed by atoms with Crippen LogP contribution in [-0.2, 0) is 9.53 Å². The molecule has 1 atom stereocenters. The first-order valence-corrected chi connectivity index (χ1v) is 3.38. The van der Waals surface area contributed by atoms with Crippen LogP contribution in [0.1, 0.15) is 6.92 Å². The minimum Gasteiger partial charge on any atom is -0.480 e. The number of carbonyl (C=O) groups is 2. The SMILES string of the molecule is CCOC(=O)N[C@H](CO)C(=O)O. The largest absolute Gasteiger partial charge is 0.480 e. The lowest BCUT2D eigenvalue weighted by Crippen LogP contribution is -2.43. The van der Waals surface area contributed by atoms with E-state index in [9.17, 15) is 9.59 Å². The maximum absolute atomic E-state index is 10.6. The van der Waals surface area contributed by atoms with Crippen molar-refractivity contribution in [3.8, 4) is 0 Å². The molecule has 0 rings (SSSR count). The zero-order chi connectivity index (χ0) is 9.56. The molecule has 0 aromatic carbocycles. The summed E-state index contributed by atoms with van der Waals surface area (Å²) in [5.41, 5.74) is 0. The van der Waals surface area contributed by atoms with Gasteiger partial charge in [0.25, 0.3) is 0 Å². The average Bonchev–Trinajstić information content (AvgIpc) is 2.00. The zero-order valence-corrected chi connectivity index (χ0v) is 6.61. The van der Waals surface area contributed by atoms with Gasteiger partial charge in [0.05, 0.1) is 13.2 Å². The smallest absolute Gasteiger partial charge is 0.407 e. The van der Waals surface area contributed by atoms with Crippen LogP contribution in [0, 0.1) is 0 Å². The molecule has 0 spiro atoms. The zero-order valence-electron chi connectivity index (χ0n) is 6.61. The molecule has 0 aliphatic rings. The molecule has 6 heteroatoms. The van der Waals surface area contributed by atoms with Crippen LogP contribution in [0.2, 0.25) is 0 Å². The van der Waals surface area contributed by atoms with E-state index in [0.717, 1.165) is 0 Å². The van der Waals surface area contributed by atoms with Crippen LogP contribution in [0.5, 0.6) is 0 Å². The summed E-state index contributed by atoms with van der Waals surface area (Å²) in [6.07, 6.45) is -0.848. The van der Waals surface area contributed by atoms with Crippen LogP contribution >= 0.6 is 0 Å². The van der Waals surface area contributed by atoms with Crippen molar-refractivity contribution >= 4 is 12.1 Å². The molecule has 6 nitrogen and oxygen atoms in total. The van der Waals surface area contributed by atoms with Gasteiger partial charge in [0, 0.05) is 0 Å². The number of carboxylic acids is 1. The third-order valence-corrected chi connectivity index (χ3v) is 1.05. The second-order valence-electron chi connectivity index (χ2n) is 1.94. The number of nitrogens with one attached hydrogen (secondary N) is 1. The molecule has 70 valence electrons. The highest BCUT2D eigenvalue weighted by molar-refractivity contribution is 5.79. The Morgan fingerprint density at radius 2 is 2.17 bits per heavy atom. The molecule has 0 aromatic rings. The van der Waals surface area contributed by atoms with E-state index in [1.165, 1.54) is 0 Å². The summed E-state index contributed by atoms with van der Waals surface area (Å²) in [7, 11) is 0. The van der Waals surface area contributed by atoms with Gasteiger partial charge in [0.1, 0.15) is 0 Å². The van der Waals surface area contributed by atoms with E-state index in [1.54, 1.807) is 6.92 Å². The first kappa shape index (κ1) is 10.7. The van der Waals surface area contributed by atoms with Crippen molar-refractivity contribution in [3.63, 3.8) is 0 Å². The fourth-order valence-corrected chi connectivity index (χ4v) is 0.500. The molecule has 0 aromatic heterocycles. The number of carboxylic acid groups (broad SMARTS) is 1. The monoisotopic (exact) mass is 177 g/mol. The Balaban J connectivity index is 3.85. The van der Waals surface area contributed by atoms with Crippen molar-refractivity contribution in [2.24, 2.45) is 0 Å². The number of aliphatic carboxylic acids is 1. The van der Waals surface area contributed by atoms with Crippen LogP contribution in [-0.4, -0.2) is 41.5 Å². The van der Waals surface area contributed by atoms with Gasteiger partial charge in [-0.1, -0.05) is 0 Å². The summed E-state index contributed by atoms with van der Waals surface area (Å²) in [6, 6.07) is -1.30. The predicted molar refractivity (Wildman–Crippen MR) is 38.7 cm³/mol. The Hall–Kier alpha value is -1.30. The highest BCUT2D eigenvalue weighted by Crippen LogP contribution is 1.84. The summed E-state index contributed by atoms with van der Waals surface area (Å²) < 4.78 is 4.40. The third kappa shape index (κ3) is 3.77. The molecule has 0 unspecified atom stereocenters. The maximum atomic E-state index is 10.6. The molecule has 0 aliphatic carbocycles.